The number of nitrogens with one attached hydrogen (secondary N) is 1. The predicted molar refractivity (Wildman–Crippen MR) is 150 cm³/mol. The number of carbonyl (C=O) groups excluding carboxylic acids is 2. The monoisotopic (exact) mass is 518 g/mol. The maximum atomic E-state index is 14.6. The molecule has 4 atom stereocenters. The number of nitrogens with zero attached hydrogens (tertiary/aromatic N) is 3. The number of aromatic nitrogens is 2. The van der Waals surface area contributed by atoms with Crippen LogP contribution in [0.15, 0.2) is 77.6 Å². The number of fused-ring (bicyclic) bond motifs is 8. The van der Waals surface area contributed by atoms with Crippen LogP contribution in [-0.2, 0) is 21.5 Å². The average molecular weight is 519 g/mol. The molecule has 196 valence electrons. The van der Waals surface area contributed by atoms with Gasteiger partial charge >= 0.3 is 0 Å². The molecule has 0 bridgehead atoms. The van der Waals surface area contributed by atoms with E-state index < -0.39 is 17.4 Å². The highest BCUT2D eigenvalue weighted by Gasteiger charge is 2.69. The van der Waals surface area contributed by atoms with Crippen molar-refractivity contribution in [3.05, 3.63) is 100 Å². The lowest BCUT2D eigenvalue weighted by molar-refractivity contribution is -0.123. The average Bonchev–Trinajstić information content (AvgIpc) is 3.51. The topological polar surface area (TPSA) is 84.3 Å². The minimum atomic E-state index is -1.10. The highest BCUT2D eigenvalue weighted by molar-refractivity contribution is 6.23. The molecule has 3 aliphatic rings. The molecule has 7 heteroatoms. The number of amides is 2. The van der Waals surface area contributed by atoms with E-state index in [-0.39, 0.29) is 23.4 Å². The molecule has 2 saturated heterocycles. The third-order valence-corrected chi connectivity index (χ3v) is 8.70. The third-order valence-electron chi connectivity index (χ3n) is 8.70. The van der Waals surface area contributed by atoms with Gasteiger partial charge in [0.25, 0.3) is 5.56 Å². The van der Waals surface area contributed by atoms with Crippen molar-refractivity contribution in [2.24, 2.45) is 17.8 Å². The Hall–Kier alpha value is -4.10. The molecule has 0 radical (unpaired) electrons. The van der Waals surface area contributed by atoms with Crippen LogP contribution in [0.1, 0.15) is 44.1 Å². The van der Waals surface area contributed by atoms with Gasteiger partial charge in [0.2, 0.25) is 11.8 Å². The van der Waals surface area contributed by atoms with Crippen LogP contribution in [0.2, 0.25) is 0 Å². The van der Waals surface area contributed by atoms with E-state index in [1.54, 1.807) is 10.6 Å². The van der Waals surface area contributed by atoms with Gasteiger partial charge in [-0.3, -0.25) is 24.3 Å². The van der Waals surface area contributed by atoms with Crippen molar-refractivity contribution in [1.29, 1.82) is 0 Å². The fourth-order valence-corrected chi connectivity index (χ4v) is 7.19. The van der Waals surface area contributed by atoms with E-state index >= 15 is 0 Å². The van der Waals surface area contributed by atoms with Gasteiger partial charge in [0.05, 0.1) is 34.1 Å². The van der Waals surface area contributed by atoms with Crippen LogP contribution >= 0.6 is 0 Å². The molecular weight excluding hydrogens is 488 g/mol. The van der Waals surface area contributed by atoms with E-state index in [1.807, 2.05) is 73.7 Å². The first-order chi connectivity index (χ1) is 18.9. The highest BCUT2D eigenvalue weighted by Crippen LogP contribution is 2.56. The van der Waals surface area contributed by atoms with Crippen LogP contribution in [0.3, 0.4) is 0 Å². The SMILES string of the molecule is CCc1ccccc1N1C(=O)[C@H]2[C@H](CC(C)C)N[C@@]3(c4ccccc4-n4c3nc3ccccc3c4=O)[C@H]2C1=O. The van der Waals surface area contributed by atoms with E-state index in [9.17, 15) is 14.4 Å². The van der Waals surface area contributed by atoms with E-state index in [0.29, 0.717) is 46.9 Å². The van der Waals surface area contributed by atoms with Gasteiger partial charge in [-0.2, -0.15) is 0 Å². The summed E-state index contributed by atoms with van der Waals surface area (Å²) in [6.45, 7) is 6.28. The highest BCUT2D eigenvalue weighted by atomic mass is 16.2. The normalized spacial score (nSPS) is 25.1. The van der Waals surface area contributed by atoms with Gasteiger partial charge in [-0.15, -0.1) is 0 Å². The van der Waals surface area contributed by atoms with Gasteiger partial charge in [-0.1, -0.05) is 69.3 Å². The Labute approximate surface area is 226 Å². The van der Waals surface area contributed by atoms with E-state index in [4.69, 9.17) is 4.98 Å². The number of anilines is 1. The Balaban J connectivity index is 1.52. The Morgan fingerprint density at radius 1 is 0.897 bits per heavy atom. The largest absolute Gasteiger partial charge is 0.297 e. The van der Waals surface area contributed by atoms with Crippen LogP contribution in [0.4, 0.5) is 5.69 Å². The number of imide groups is 1. The summed E-state index contributed by atoms with van der Waals surface area (Å²) in [7, 11) is 0. The number of hydrogen-bond donors (Lipinski definition) is 1. The summed E-state index contributed by atoms with van der Waals surface area (Å²) in [6, 6.07) is 22.4. The lowest BCUT2D eigenvalue weighted by Crippen LogP contribution is -2.50. The summed E-state index contributed by atoms with van der Waals surface area (Å²) >= 11 is 0. The molecule has 0 aliphatic carbocycles. The molecule has 1 aromatic heterocycles. The molecule has 4 heterocycles. The molecule has 4 aromatic rings. The molecular formula is C32H30N4O3. The van der Waals surface area contributed by atoms with Crippen LogP contribution in [0, 0.1) is 17.8 Å². The van der Waals surface area contributed by atoms with Gasteiger partial charge in [0, 0.05) is 11.6 Å². The second-order valence-corrected chi connectivity index (χ2v) is 11.3. The zero-order chi connectivity index (χ0) is 27.1. The van der Waals surface area contributed by atoms with Crippen molar-refractivity contribution in [3.63, 3.8) is 0 Å². The third kappa shape index (κ3) is 3.08. The van der Waals surface area contributed by atoms with Gasteiger partial charge in [0.15, 0.2) is 0 Å². The minimum absolute atomic E-state index is 0.171. The first-order valence-electron chi connectivity index (χ1n) is 13.7. The fourth-order valence-electron chi connectivity index (χ4n) is 7.19. The second kappa shape index (κ2) is 8.45. The molecule has 7 rings (SSSR count). The van der Waals surface area contributed by atoms with Gasteiger partial charge in [-0.25, -0.2) is 9.88 Å². The predicted octanol–water partition coefficient (Wildman–Crippen LogP) is 4.33. The molecule has 2 amide bonds. The van der Waals surface area contributed by atoms with Gasteiger partial charge in [-0.05, 0) is 48.6 Å². The molecule has 2 fully saturated rings. The van der Waals surface area contributed by atoms with Crippen molar-refractivity contribution in [1.82, 2.24) is 14.9 Å². The molecule has 3 aliphatic heterocycles. The molecule has 3 aromatic carbocycles. The van der Waals surface area contributed by atoms with Gasteiger partial charge in [0.1, 0.15) is 11.4 Å². The molecule has 1 spiro atoms. The molecule has 7 nitrogen and oxygen atoms in total. The zero-order valence-electron chi connectivity index (χ0n) is 22.2. The smallest absolute Gasteiger partial charge is 0.266 e. The van der Waals surface area contributed by atoms with Crippen molar-refractivity contribution in [2.75, 3.05) is 4.90 Å². The van der Waals surface area contributed by atoms with E-state index in [2.05, 4.69) is 19.2 Å². The second-order valence-electron chi connectivity index (χ2n) is 11.3. The fraction of sp³-hybridized carbons (Fsp3) is 0.312. The summed E-state index contributed by atoms with van der Waals surface area (Å²) < 4.78 is 1.65. The first kappa shape index (κ1) is 24.0. The minimum Gasteiger partial charge on any atom is -0.297 e. The number of carbonyl (C=O) groups is 2. The summed E-state index contributed by atoms with van der Waals surface area (Å²) in [5.41, 5.74) is 2.43. The Kier molecular flexibility index (Phi) is 5.19. The lowest BCUT2D eigenvalue weighted by atomic mass is 9.75. The number of benzene rings is 3. The Morgan fingerprint density at radius 3 is 2.36 bits per heavy atom. The Morgan fingerprint density at radius 2 is 1.59 bits per heavy atom. The Bertz CT molecular complexity index is 1740. The summed E-state index contributed by atoms with van der Waals surface area (Å²) in [5.74, 6) is -0.952. The molecule has 39 heavy (non-hydrogen) atoms. The van der Waals surface area contributed by atoms with Crippen molar-refractivity contribution in [2.45, 2.75) is 45.2 Å². The number of hydrogen-bond acceptors (Lipinski definition) is 5. The summed E-state index contributed by atoms with van der Waals surface area (Å²) in [5, 5.41) is 4.30. The standard InChI is InChI=1S/C32H30N4O3/c1-4-19-11-5-9-15-24(19)35-29(38)26-23(17-18(2)3)34-32(27(26)30(35)39)21-13-7-10-16-25(21)36-28(37)20-12-6-8-14-22(20)33-31(32)36/h5-16,18,23,26-27,34H,4,17H2,1-3H3/t23-,26-,27+,32-/m0/s1. The van der Waals surface area contributed by atoms with Crippen molar-refractivity contribution >= 4 is 28.4 Å². The van der Waals surface area contributed by atoms with Crippen molar-refractivity contribution < 1.29 is 9.59 Å². The lowest BCUT2D eigenvalue weighted by Gasteiger charge is -2.32. The van der Waals surface area contributed by atoms with Gasteiger partial charge < -0.3 is 0 Å². The first-order valence-corrected chi connectivity index (χ1v) is 13.7. The van der Waals surface area contributed by atoms with Crippen LogP contribution in [0.25, 0.3) is 16.6 Å². The number of rotatable bonds is 4. The summed E-state index contributed by atoms with van der Waals surface area (Å²) in [6.07, 6.45) is 1.42. The van der Waals surface area contributed by atoms with Crippen LogP contribution in [-0.4, -0.2) is 27.4 Å². The number of aryl methyl sites for hydroxylation is 1. The molecule has 1 N–H and O–H groups in total. The zero-order valence-corrected chi connectivity index (χ0v) is 22.2. The van der Waals surface area contributed by atoms with Crippen LogP contribution < -0.4 is 15.8 Å². The summed E-state index contributed by atoms with van der Waals surface area (Å²) in [4.78, 5) is 49.2. The van der Waals surface area contributed by atoms with Crippen molar-refractivity contribution in [3.8, 4) is 5.69 Å². The maximum absolute atomic E-state index is 14.6. The molecule has 0 unspecified atom stereocenters. The maximum Gasteiger partial charge on any atom is 0.266 e. The number of para-hydroxylation sites is 3. The van der Waals surface area contributed by atoms with E-state index in [1.165, 1.54) is 4.90 Å². The van der Waals surface area contributed by atoms with E-state index in [0.717, 1.165) is 11.1 Å². The quantitative estimate of drug-likeness (QED) is 0.407. The van der Waals surface area contributed by atoms with Crippen LogP contribution in [0.5, 0.6) is 0 Å². The molecule has 0 saturated carbocycles.